The molecule has 1 aromatic heterocycles. The molecular weight excluding hydrogens is 368 g/mol. The van der Waals surface area contributed by atoms with E-state index in [1.807, 2.05) is 36.1 Å². The van der Waals surface area contributed by atoms with Crippen LogP contribution in [0.15, 0.2) is 24.3 Å². The molecule has 154 valence electrons. The molecule has 0 aliphatic carbocycles. The molecule has 7 heteroatoms. The number of rotatable bonds is 4. The summed E-state index contributed by atoms with van der Waals surface area (Å²) in [6, 6.07) is 8.03. The van der Waals surface area contributed by atoms with Crippen molar-refractivity contribution in [3.63, 3.8) is 0 Å². The van der Waals surface area contributed by atoms with Gasteiger partial charge in [-0.1, -0.05) is 0 Å². The highest BCUT2D eigenvalue weighted by atomic mass is 16.5. The third-order valence-corrected chi connectivity index (χ3v) is 5.98. The summed E-state index contributed by atoms with van der Waals surface area (Å²) in [5.74, 6) is 2.70. The van der Waals surface area contributed by atoms with E-state index in [1.54, 1.807) is 14.2 Å². The van der Waals surface area contributed by atoms with Crippen molar-refractivity contribution in [2.75, 3.05) is 38.8 Å². The molecule has 0 bridgehead atoms. The van der Waals surface area contributed by atoms with E-state index in [4.69, 9.17) is 9.47 Å². The molecule has 4 rings (SSSR count). The Labute approximate surface area is 171 Å². The maximum absolute atomic E-state index is 13.2. The Bertz CT molecular complexity index is 876. The lowest BCUT2D eigenvalue weighted by molar-refractivity contribution is -0.137. The number of anilines is 1. The van der Waals surface area contributed by atoms with Gasteiger partial charge >= 0.3 is 0 Å². The van der Waals surface area contributed by atoms with Crippen molar-refractivity contribution in [2.45, 2.75) is 32.7 Å². The fourth-order valence-corrected chi connectivity index (χ4v) is 4.25. The van der Waals surface area contributed by atoms with E-state index in [0.29, 0.717) is 12.3 Å². The number of amides is 1. The number of aromatic nitrogens is 2. The minimum atomic E-state index is 0.0753. The van der Waals surface area contributed by atoms with E-state index < -0.39 is 0 Å². The third-order valence-electron chi connectivity index (χ3n) is 5.98. The maximum atomic E-state index is 13.2. The number of nitrogens with zero attached hydrogens (tertiary/aromatic N) is 4. The van der Waals surface area contributed by atoms with Gasteiger partial charge in [0.15, 0.2) is 17.3 Å². The molecule has 2 aliphatic heterocycles. The number of hydrogen-bond acceptors (Lipinski definition) is 6. The molecule has 0 atom stereocenters. The number of methoxy groups -OCH3 is 2. The molecule has 1 fully saturated rings. The number of benzene rings is 1. The molecule has 1 aromatic carbocycles. The van der Waals surface area contributed by atoms with Gasteiger partial charge in [-0.25, -0.2) is 0 Å². The first-order chi connectivity index (χ1) is 14.1. The third kappa shape index (κ3) is 3.99. The zero-order valence-corrected chi connectivity index (χ0v) is 17.4. The van der Waals surface area contributed by atoms with Crippen LogP contribution in [-0.4, -0.2) is 54.9 Å². The van der Waals surface area contributed by atoms with Gasteiger partial charge in [-0.3, -0.25) is 4.79 Å². The number of carbonyl (C=O) groups is 1. The molecule has 0 unspecified atom stereocenters. The Morgan fingerprint density at radius 2 is 1.69 bits per heavy atom. The molecule has 0 N–H and O–H groups in total. The smallest absolute Gasteiger partial charge is 0.226 e. The van der Waals surface area contributed by atoms with Gasteiger partial charge in [0.05, 0.1) is 19.9 Å². The van der Waals surface area contributed by atoms with Gasteiger partial charge in [0.2, 0.25) is 5.91 Å². The van der Waals surface area contributed by atoms with Crippen LogP contribution in [0.3, 0.4) is 0 Å². The first kappa shape index (κ1) is 19.5. The van der Waals surface area contributed by atoms with Crippen LogP contribution in [0.4, 0.5) is 5.82 Å². The summed E-state index contributed by atoms with van der Waals surface area (Å²) in [7, 11) is 3.29. The molecule has 2 aliphatic rings. The number of hydrogen-bond donors (Lipinski definition) is 0. The molecule has 7 nitrogen and oxygen atoms in total. The van der Waals surface area contributed by atoms with Crippen molar-refractivity contribution in [1.29, 1.82) is 0 Å². The highest BCUT2D eigenvalue weighted by Gasteiger charge is 2.31. The van der Waals surface area contributed by atoms with E-state index in [-0.39, 0.29) is 11.8 Å². The molecule has 1 amide bonds. The van der Waals surface area contributed by atoms with E-state index in [2.05, 4.69) is 15.1 Å². The van der Waals surface area contributed by atoms with E-state index in [0.717, 1.165) is 61.7 Å². The van der Waals surface area contributed by atoms with Crippen LogP contribution in [0.25, 0.3) is 0 Å². The number of ether oxygens (including phenoxy) is 2. The first-order valence-corrected chi connectivity index (χ1v) is 10.2. The lowest BCUT2D eigenvalue weighted by atomic mass is 9.92. The van der Waals surface area contributed by atoms with Gasteiger partial charge in [0.1, 0.15) is 0 Å². The van der Waals surface area contributed by atoms with Crippen LogP contribution < -0.4 is 14.4 Å². The van der Waals surface area contributed by atoms with Crippen molar-refractivity contribution < 1.29 is 14.3 Å². The fourth-order valence-electron chi connectivity index (χ4n) is 4.25. The van der Waals surface area contributed by atoms with Crippen LogP contribution in [0.1, 0.15) is 29.7 Å². The Morgan fingerprint density at radius 3 is 2.31 bits per heavy atom. The maximum Gasteiger partial charge on any atom is 0.226 e. The standard InChI is InChI=1S/C22H28N4O3/c1-15-4-5-21(24-23-15)25-9-6-16(7-10-25)22(27)26-11-8-17-12-19(28-2)20(29-3)13-18(17)14-26/h4-5,12-13,16H,6-11,14H2,1-3H3. The van der Waals surface area contributed by atoms with Crippen molar-refractivity contribution in [1.82, 2.24) is 15.1 Å². The number of fused-ring (bicyclic) bond motifs is 1. The molecule has 1 saturated heterocycles. The van der Waals surface area contributed by atoms with Crippen LogP contribution in [0.5, 0.6) is 11.5 Å². The SMILES string of the molecule is COc1cc2c(cc1OC)CN(C(=O)C1CCN(c3ccc(C)nn3)CC1)CC2. The largest absolute Gasteiger partial charge is 0.493 e. The van der Waals surface area contributed by atoms with Crippen molar-refractivity contribution in [2.24, 2.45) is 5.92 Å². The van der Waals surface area contributed by atoms with Crippen LogP contribution in [0.2, 0.25) is 0 Å². The first-order valence-electron chi connectivity index (χ1n) is 10.2. The lowest BCUT2D eigenvalue weighted by Crippen LogP contribution is -2.44. The normalized spacial score (nSPS) is 17.1. The molecule has 2 aromatic rings. The molecule has 0 saturated carbocycles. The fraction of sp³-hybridized carbons (Fsp3) is 0.500. The molecule has 3 heterocycles. The molecular formula is C22H28N4O3. The topological polar surface area (TPSA) is 67.8 Å². The second kappa shape index (κ2) is 8.27. The Kier molecular flexibility index (Phi) is 5.56. The van der Waals surface area contributed by atoms with Crippen molar-refractivity contribution in [3.05, 3.63) is 41.1 Å². The average molecular weight is 396 g/mol. The number of aryl methyl sites for hydroxylation is 1. The minimum Gasteiger partial charge on any atom is -0.493 e. The monoisotopic (exact) mass is 396 g/mol. The number of piperidine rings is 1. The molecule has 29 heavy (non-hydrogen) atoms. The second-order valence-electron chi connectivity index (χ2n) is 7.78. The lowest BCUT2D eigenvalue weighted by Gasteiger charge is -2.36. The predicted molar refractivity (Wildman–Crippen MR) is 110 cm³/mol. The summed E-state index contributed by atoms with van der Waals surface area (Å²) in [5, 5.41) is 8.42. The zero-order valence-electron chi connectivity index (χ0n) is 17.4. The summed E-state index contributed by atoms with van der Waals surface area (Å²) in [4.78, 5) is 17.4. The zero-order chi connectivity index (χ0) is 20.4. The predicted octanol–water partition coefficient (Wildman–Crippen LogP) is 2.60. The van der Waals surface area contributed by atoms with Gasteiger partial charge in [-0.15, -0.1) is 5.10 Å². The summed E-state index contributed by atoms with van der Waals surface area (Å²) >= 11 is 0. The summed E-state index contributed by atoms with van der Waals surface area (Å²) < 4.78 is 10.8. The van der Waals surface area contributed by atoms with E-state index in [9.17, 15) is 4.79 Å². The summed E-state index contributed by atoms with van der Waals surface area (Å²) in [5.41, 5.74) is 3.30. The van der Waals surface area contributed by atoms with Gasteiger partial charge in [0.25, 0.3) is 0 Å². The highest BCUT2D eigenvalue weighted by Crippen LogP contribution is 2.34. The summed E-state index contributed by atoms with van der Waals surface area (Å²) in [6.07, 6.45) is 2.55. The van der Waals surface area contributed by atoms with Crippen molar-refractivity contribution in [3.8, 4) is 11.5 Å². The quantitative estimate of drug-likeness (QED) is 0.791. The van der Waals surface area contributed by atoms with Crippen LogP contribution in [-0.2, 0) is 17.8 Å². The van der Waals surface area contributed by atoms with Gasteiger partial charge < -0.3 is 19.3 Å². The minimum absolute atomic E-state index is 0.0753. The summed E-state index contributed by atoms with van der Waals surface area (Å²) in [6.45, 7) is 5.00. The second-order valence-corrected chi connectivity index (χ2v) is 7.78. The Balaban J connectivity index is 1.39. The van der Waals surface area contributed by atoms with Gasteiger partial charge in [-0.2, -0.15) is 5.10 Å². The van der Waals surface area contributed by atoms with Gasteiger partial charge in [0, 0.05) is 32.1 Å². The number of carbonyl (C=O) groups excluding carboxylic acids is 1. The Hall–Kier alpha value is -2.83. The van der Waals surface area contributed by atoms with E-state index >= 15 is 0 Å². The average Bonchev–Trinajstić information content (AvgIpc) is 2.78. The van der Waals surface area contributed by atoms with Crippen LogP contribution in [0, 0.1) is 12.8 Å². The Morgan fingerprint density at radius 1 is 1.00 bits per heavy atom. The van der Waals surface area contributed by atoms with Crippen molar-refractivity contribution >= 4 is 11.7 Å². The van der Waals surface area contributed by atoms with E-state index in [1.165, 1.54) is 5.56 Å². The highest BCUT2D eigenvalue weighted by molar-refractivity contribution is 5.79. The molecule has 0 spiro atoms. The van der Waals surface area contributed by atoms with Gasteiger partial charge in [-0.05, 0) is 61.6 Å². The van der Waals surface area contributed by atoms with Crippen LogP contribution >= 0.6 is 0 Å². The molecule has 0 radical (unpaired) electrons.